The zero-order chi connectivity index (χ0) is 17.5. The van der Waals surface area contributed by atoms with Crippen molar-refractivity contribution >= 4 is 28.3 Å². The molecule has 3 aromatic rings. The zero-order valence-corrected chi connectivity index (χ0v) is 15.1. The van der Waals surface area contributed by atoms with Gasteiger partial charge in [0, 0.05) is 49.5 Å². The number of anilines is 1. The number of halogens is 1. The Bertz CT molecular complexity index is 965. The van der Waals surface area contributed by atoms with Crippen LogP contribution >= 0.6 is 11.6 Å². The summed E-state index contributed by atoms with van der Waals surface area (Å²) < 4.78 is 0. The summed E-state index contributed by atoms with van der Waals surface area (Å²) in [4.78, 5) is 20.7. The lowest BCUT2D eigenvalue weighted by molar-refractivity contribution is 0.586. The van der Waals surface area contributed by atoms with E-state index in [1.54, 1.807) is 6.20 Å². The Kier molecular flexibility index (Phi) is 3.94. The molecule has 1 saturated heterocycles. The summed E-state index contributed by atoms with van der Waals surface area (Å²) in [6.07, 6.45) is 7.99. The van der Waals surface area contributed by atoms with Crippen molar-refractivity contribution in [2.24, 2.45) is 0 Å². The van der Waals surface area contributed by atoms with Gasteiger partial charge in [-0.05, 0) is 36.5 Å². The number of hydrogen-bond acceptors (Lipinski definition) is 6. The van der Waals surface area contributed by atoms with Crippen molar-refractivity contribution in [3.63, 3.8) is 0 Å². The molecule has 1 aliphatic carbocycles. The van der Waals surface area contributed by atoms with Gasteiger partial charge in [-0.2, -0.15) is 0 Å². The largest absolute Gasteiger partial charge is 0.353 e. The van der Waals surface area contributed by atoms with E-state index in [9.17, 15) is 0 Å². The first-order valence-electron chi connectivity index (χ1n) is 9.03. The van der Waals surface area contributed by atoms with Crippen LogP contribution in [0.4, 0.5) is 5.82 Å². The van der Waals surface area contributed by atoms with Crippen molar-refractivity contribution in [3.05, 3.63) is 41.4 Å². The number of hydrogen-bond donors (Lipinski definition) is 1. The van der Waals surface area contributed by atoms with E-state index >= 15 is 0 Å². The molecule has 0 spiro atoms. The number of nitrogens with zero attached hydrogens (tertiary/aromatic N) is 5. The summed E-state index contributed by atoms with van der Waals surface area (Å²) in [5.74, 6) is 2.28. The van der Waals surface area contributed by atoms with Gasteiger partial charge in [0.05, 0.1) is 11.7 Å². The zero-order valence-electron chi connectivity index (χ0n) is 14.3. The van der Waals surface area contributed by atoms with Crippen LogP contribution in [0.25, 0.3) is 22.3 Å². The molecule has 1 N–H and O–H groups in total. The average Bonchev–Trinajstić information content (AvgIpc) is 3.52. The minimum Gasteiger partial charge on any atom is -0.353 e. The summed E-state index contributed by atoms with van der Waals surface area (Å²) >= 11 is 6.08. The van der Waals surface area contributed by atoms with E-state index in [4.69, 9.17) is 21.6 Å². The second-order valence-corrected chi connectivity index (χ2v) is 7.26. The molecule has 0 radical (unpaired) electrons. The molecular formula is C19H19ClN6. The average molecular weight is 367 g/mol. The van der Waals surface area contributed by atoms with Crippen LogP contribution in [0, 0.1) is 0 Å². The molecule has 0 unspecified atom stereocenters. The third kappa shape index (κ3) is 2.89. The monoisotopic (exact) mass is 366 g/mol. The number of fused-ring (bicyclic) bond motifs is 1. The maximum atomic E-state index is 6.08. The van der Waals surface area contributed by atoms with Gasteiger partial charge in [0.25, 0.3) is 0 Å². The lowest BCUT2D eigenvalue weighted by Gasteiger charge is -2.30. The molecule has 26 heavy (non-hydrogen) atoms. The van der Waals surface area contributed by atoms with Crippen LogP contribution in [0.3, 0.4) is 0 Å². The molecule has 0 atom stereocenters. The second-order valence-electron chi connectivity index (χ2n) is 6.87. The Hall–Kier alpha value is -2.31. The molecule has 0 amide bonds. The lowest BCUT2D eigenvalue weighted by atomic mass is 10.1. The van der Waals surface area contributed by atoms with E-state index in [1.165, 1.54) is 18.4 Å². The molecule has 0 bridgehead atoms. The second kappa shape index (κ2) is 6.45. The summed E-state index contributed by atoms with van der Waals surface area (Å²) in [5.41, 5.74) is 3.07. The Morgan fingerprint density at radius 1 is 1.12 bits per heavy atom. The van der Waals surface area contributed by atoms with E-state index in [0.717, 1.165) is 48.5 Å². The van der Waals surface area contributed by atoms with Gasteiger partial charge in [0.15, 0.2) is 5.82 Å². The highest BCUT2D eigenvalue weighted by molar-refractivity contribution is 6.29. The van der Waals surface area contributed by atoms with Crippen molar-refractivity contribution in [1.29, 1.82) is 0 Å². The molecule has 7 heteroatoms. The van der Waals surface area contributed by atoms with Gasteiger partial charge >= 0.3 is 0 Å². The molecule has 132 valence electrons. The fourth-order valence-corrected chi connectivity index (χ4v) is 3.74. The number of piperazine rings is 1. The number of rotatable bonds is 3. The number of aromatic nitrogens is 4. The third-order valence-electron chi connectivity index (χ3n) is 5.04. The first-order chi connectivity index (χ1) is 12.8. The van der Waals surface area contributed by atoms with Gasteiger partial charge in [-0.15, -0.1) is 0 Å². The van der Waals surface area contributed by atoms with E-state index in [2.05, 4.69) is 20.2 Å². The third-order valence-corrected chi connectivity index (χ3v) is 5.24. The SMILES string of the molecule is Clc1cc(-c2nc(N3CCNCC3)c3c(C4CC4)cncc3n2)ccn1. The van der Waals surface area contributed by atoms with Crippen LogP contribution in [0.15, 0.2) is 30.7 Å². The van der Waals surface area contributed by atoms with Gasteiger partial charge in [-0.1, -0.05) is 11.6 Å². The van der Waals surface area contributed by atoms with Crippen molar-refractivity contribution < 1.29 is 0 Å². The molecule has 0 aromatic carbocycles. The predicted molar refractivity (Wildman–Crippen MR) is 103 cm³/mol. The van der Waals surface area contributed by atoms with Crippen LogP contribution in [-0.4, -0.2) is 46.1 Å². The summed E-state index contributed by atoms with van der Waals surface area (Å²) in [5, 5.41) is 5.02. The maximum absolute atomic E-state index is 6.08. The lowest BCUT2D eigenvalue weighted by Crippen LogP contribution is -2.44. The molecule has 3 aromatic heterocycles. The molecule has 6 nitrogen and oxygen atoms in total. The van der Waals surface area contributed by atoms with E-state index < -0.39 is 0 Å². The highest BCUT2D eigenvalue weighted by atomic mass is 35.5. The number of pyridine rings is 2. The topological polar surface area (TPSA) is 66.8 Å². The number of nitrogens with one attached hydrogen (secondary N) is 1. The first kappa shape index (κ1) is 15.9. The minimum absolute atomic E-state index is 0.444. The van der Waals surface area contributed by atoms with Crippen molar-refractivity contribution in [2.75, 3.05) is 31.1 Å². The van der Waals surface area contributed by atoms with Crippen LogP contribution < -0.4 is 10.2 Å². The quantitative estimate of drug-likeness (QED) is 0.719. The van der Waals surface area contributed by atoms with Gasteiger partial charge in [-0.25, -0.2) is 15.0 Å². The van der Waals surface area contributed by atoms with E-state index in [0.29, 0.717) is 16.9 Å². The minimum atomic E-state index is 0.444. The van der Waals surface area contributed by atoms with Gasteiger partial charge in [-0.3, -0.25) is 4.98 Å². The smallest absolute Gasteiger partial charge is 0.162 e. The summed E-state index contributed by atoms with van der Waals surface area (Å²) in [6.45, 7) is 3.81. The highest BCUT2D eigenvalue weighted by Gasteiger charge is 2.29. The summed E-state index contributed by atoms with van der Waals surface area (Å²) in [7, 11) is 0. The highest BCUT2D eigenvalue weighted by Crippen LogP contribution is 2.44. The predicted octanol–water partition coefficient (Wildman–Crippen LogP) is 3.03. The van der Waals surface area contributed by atoms with E-state index in [1.807, 2.05) is 24.5 Å². The van der Waals surface area contributed by atoms with Crippen LogP contribution in [0.5, 0.6) is 0 Å². The van der Waals surface area contributed by atoms with E-state index in [-0.39, 0.29) is 0 Å². The normalized spacial score (nSPS) is 17.7. The molecule has 4 heterocycles. The van der Waals surface area contributed by atoms with Gasteiger partial charge in [0.1, 0.15) is 11.0 Å². The molecule has 1 saturated carbocycles. The Morgan fingerprint density at radius 3 is 2.73 bits per heavy atom. The van der Waals surface area contributed by atoms with Gasteiger partial charge < -0.3 is 10.2 Å². The fourth-order valence-electron chi connectivity index (χ4n) is 3.57. The summed E-state index contributed by atoms with van der Waals surface area (Å²) in [6, 6.07) is 3.70. The Labute approximate surface area is 156 Å². The molecule has 1 aliphatic heterocycles. The molecule has 2 aliphatic rings. The van der Waals surface area contributed by atoms with Crippen molar-refractivity contribution in [1.82, 2.24) is 25.3 Å². The van der Waals surface area contributed by atoms with Crippen molar-refractivity contribution in [3.8, 4) is 11.4 Å². The Morgan fingerprint density at radius 2 is 1.96 bits per heavy atom. The van der Waals surface area contributed by atoms with Crippen LogP contribution in [0.2, 0.25) is 5.15 Å². The standard InChI is InChI=1S/C19H19ClN6/c20-16-9-13(3-4-23-16)18-24-15-11-22-10-14(12-1-2-12)17(15)19(25-18)26-7-5-21-6-8-26/h3-4,9-12,21H,1-2,5-8H2. The fraction of sp³-hybridized carbons (Fsp3) is 0.368. The van der Waals surface area contributed by atoms with Crippen LogP contribution in [-0.2, 0) is 0 Å². The molecule has 5 rings (SSSR count). The molecular weight excluding hydrogens is 348 g/mol. The van der Waals surface area contributed by atoms with Gasteiger partial charge in [0.2, 0.25) is 0 Å². The first-order valence-corrected chi connectivity index (χ1v) is 9.40. The Balaban J connectivity index is 1.73. The van der Waals surface area contributed by atoms with Crippen molar-refractivity contribution in [2.45, 2.75) is 18.8 Å². The van der Waals surface area contributed by atoms with Crippen LogP contribution in [0.1, 0.15) is 24.3 Å². The maximum Gasteiger partial charge on any atom is 0.162 e. The molecule has 2 fully saturated rings.